The summed E-state index contributed by atoms with van der Waals surface area (Å²) in [5, 5.41) is 10.9. The van der Waals surface area contributed by atoms with Gasteiger partial charge < -0.3 is 10.2 Å². The molecule has 0 amide bonds. The van der Waals surface area contributed by atoms with Crippen LogP contribution < -0.4 is 10.2 Å². The third kappa shape index (κ3) is 4.52. The van der Waals surface area contributed by atoms with Crippen LogP contribution in [0.15, 0.2) is 61.3 Å². The Balaban J connectivity index is 1.46. The molecule has 172 valence electrons. The van der Waals surface area contributed by atoms with Crippen LogP contribution in [0.3, 0.4) is 0 Å². The number of fused-ring (bicyclic) bond motifs is 1. The van der Waals surface area contributed by atoms with Gasteiger partial charge in [0, 0.05) is 30.8 Å². The van der Waals surface area contributed by atoms with Crippen LogP contribution in [-0.2, 0) is 11.2 Å². The minimum atomic E-state index is -0.269. The molecular weight excluding hydrogens is 431 g/mol. The maximum absolute atomic E-state index is 14.9. The maximum Gasteiger partial charge on any atom is 0.229 e. The number of nitrogens with zero attached hydrogens (tertiary/aromatic N) is 4. The summed E-state index contributed by atoms with van der Waals surface area (Å²) in [4.78, 5) is 23.1. The molecule has 0 bridgehead atoms. The second kappa shape index (κ2) is 9.43. The largest absolute Gasteiger partial charge is 0.369 e. The third-order valence-electron chi connectivity index (χ3n) is 6.02. The number of rotatable bonds is 7. The average Bonchev–Trinajstić information content (AvgIpc) is 3.33. The molecule has 0 spiro atoms. The van der Waals surface area contributed by atoms with Crippen LogP contribution in [-0.4, -0.2) is 39.0 Å². The molecule has 0 atom stereocenters. The normalized spacial score (nSPS) is 13.7. The summed E-state index contributed by atoms with van der Waals surface area (Å²) >= 11 is 0. The van der Waals surface area contributed by atoms with Gasteiger partial charge in [0.2, 0.25) is 5.95 Å². The summed E-state index contributed by atoms with van der Waals surface area (Å²) in [5.74, 6) is 0.00412. The van der Waals surface area contributed by atoms with E-state index in [0.717, 1.165) is 42.4 Å². The molecule has 0 aliphatic carbocycles. The molecule has 2 aromatic carbocycles. The quantitative estimate of drug-likeness (QED) is 0.372. The molecule has 1 fully saturated rings. The number of nitrogens with one attached hydrogen (secondary N) is 2. The lowest BCUT2D eigenvalue weighted by molar-refractivity contribution is -0.114. The van der Waals surface area contributed by atoms with Crippen molar-refractivity contribution in [3.05, 3.63) is 72.7 Å². The average molecular weight is 457 g/mol. The molecule has 1 saturated heterocycles. The van der Waals surface area contributed by atoms with Crippen LogP contribution in [0.2, 0.25) is 0 Å². The van der Waals surface area contributed by atoms with E-state index in [-0.39, 0.29) is 18.0 Å². The van der Waals surface area contributed by atoms with Gasteiger partial charge in [-0.2, -0.15) is 10.1 Å². The van der Waals surface area contributed by atoms with Crippen molar-refractivity contribution >= 4 is 34.1 Å². The number of carbonyl (C=O) groups excluding carboxylic acids is 1. The molecule has 2 N–H and O–H groups in total. The summed E-state index contributed by atoms with van der Waals surface area (Å²) in [6.45, 7) is 5.30. The number of hydrogen-bond donors (Lipinski definition) is 2. The number of halogens is 1. The van der Waals surface area contributed by atoms with Crippen LogP contribution in [0.5, 0.6) is 0 Å². The fourth-order valence-electron chi connectivity index (χ4n) is 4.32. The van der Waals surface area contributed by atoms with E-state index in [1.165, 1.54) is 18.6 Å². The number of hydrogen-bond acceptors (Lipinski definition) is 6. The number of aromatic amines is 1. The molecular formula is C26H25FN6O. The highest BCUT2D eigenvalue weighted by Gasteiger charge is 2.16. The zero-order valence-electron chi connectivity index (χ0n) is 18.7. The van der Waals surface area contributed by atoms with Crippen molar-refractivity contribution in [2.24, 2.45) is 0 Å². The van der Waals surface area contributed by atoms with Gasteiger partial charge in [0.25, 0.3) is 0 Å². The minimum Gasteiger partial charge on any atom is -0.369 e. The highest BCUT2D eigenvalue weighted by molar-refractivity contribution is 5.93. The number of aromatic nitrogens is 4. The summed E-state index contributed by atoms with van der Waals surface area (Å²) in [6.07, 6.45) is 6.63. The Kier molecular flexibility index (Phi) is 6.03. The molecule has 8 heteroatoms. The molecule has 0 unspecified atom stereocenters. The summed E-state index contributed by atoms with van der Waals surface area (Å²) in [6, 6.07) is 12.8. The van der Waals surface area contributed by atoms with Crippen molar-refractivity contribution in [1.29, 1.82) is 0 Å². The lowest BCUT2D eigenvalue weighted by atomic mass is 10.0. The molecule has 3 heterocycles. The lowest BCUT2D eigenvalue weighted by Crippen LogP contribution is -2.30. The zero-order chi connectivity index (χ0) is 23.5. The van der Waals surface area contributed by atoms with Gasteiger partial charge in [-0.3, -0.25) is 9.89 Å². The number of anilines is 3. The van der Waals surface area contributed by atoms with Gasteiger partial charge in [-0.25, -0.2) is 9.37 Å². The van der Waals surface area contributed by atoms with Gasteiger partial charge in [-0.1, -0.05) is 24.8 Å². The topological polar surface area (TPSA) is 86.8 Å². The van der Waals surface area contributed by atoms with Gasteiger partial charge in [0.15, 0.2) is 11.4 Å². The molecule has 2 aromatic heterocycles. The fraction of sp³-hybridized carbons (Fsp3) is 0.231. The van der Waals surface area contributed by atoms with Crippen molar-refractivity contribution in [3.63, 3.8) is 0 Å². The Morgan fingerprint density at radius 1 is 1.15 bits per heavy atom. The lowest BCUT2D eigenvalue weighted by Gasteiger charge is -2.29. The van der Waals surface area contributed by atoms with E-state index >= 15 is 0 Å². The van der Waals surface area contributed by atoms with Crippen LogP contribution in [0, 0.1) is 5.82 Å². The predicted octanol–water partition coefficient (Wildman–Crippen LogP) is 5.19. The van der Waals surface area contributed by atoms with Crippen LogP contribution in [0.4, 0.5) is 21.7 Å². The van der Waals surface area contributed by atoms with E-state index in [4.69, 9.17) is 4.98 Å². The first-order valence-corrected chi connectivity index (χ1v) is 11.4. The molecule has 0 saturated carbocycles. The van der Waals surface area contributed by atoms with E-state index in [1.54, 1.807) is 12.3 Å². The molecule has 5 rings (SSSR count). The van der Waals surface area contributed by atoms with Crippen LogP contribution >= 0.6 is 0 Å². The van der Waals surface area contributed by atoms with Crippen molar-refractivity contribution in [1.82, 2.24) is 20.2 Å². The first-order valence-electron chi connectivity index (χ1n) is 11.4. The third-order valence-corrected chi connectivity index (χ3v) is 6.02. The predicted molar refractivity (Wildman–Crippen MR) is 132 cm³/mol. The van der Waals surface area contributed by atoms with E-state index in [0.29, 0.717) is 28.7 Å². The SMILES string of the molecule is C=CC(=O)Cc1cccc(-c2nc(Nc3ccc(N4CCCCC4)c(F)c3)nc3[nH]ncc23)c1. The number of H-pyrrole nitrogens is 1. The van der Waals surface area contributed by atoms with Crippen molar-refractivity contribution in [2.75, 3.05) is 23.3 Å². The Morgan fingerprint density at radius 2 is 2.00 bits per heavy atom. The van der Waals surface area contributed by atoms with E-state index < -0.39 is 0 Å². The first kappa shape index (κ1) is 21.8. The Hall–Kier alpha value is -4.07. The highest BCUT2D eigenvalue weighted by Crippen LogP contribution is 2.30. The van der Waals surface area contributed by atoms with Gasteiger partial charge in [0.05, 0.1) is 23.0 Å². The second-order valence-electron chi connectivity index (χ2n) is 8.41. The van der Waals surface area contributed by atoms with Gasteiger partial charge in [0.1, 0.15) is 5.82 Å². The van der Waals surface area contributed by atoms with Crippen LogP contribution in [0.1, 0.15) is 24.8 Å². The first-order chi connectivity index (χ1) is 16.6. The Bertz CT molecular complexity index is 1360. The number of piperidine rings is 1. The summed E-state index contributed by atoms with van der Waals surface area (Å²) in [5.41, 5.74) is 4.11. The Labute approximate surface area is 196 Å². The number of ketones is 1. The highest BCUT2D eigenvalue weighted by atomic mass is 19.1. The molecule has 1 aliphatic rings. The zero-order valence-corrected chi connectivity index (χ0v) is 18.7. The van der Waals surface area contributed by atoms with Crippen LogP contribution in [0.25, 0.3) is 22.3 Å². The fourth-order valence-corrected chi connectivity index (χ4v) is 4.32. The van der Waals surface area contributed by atoms with E-state index in [9.17, 15) is 9.18 Å². The minimum absolute atomic E-state index is 0.0503. The van der Waals surface area contributed by atoms with Gasteiger partial charge >= 0.3 is 0 Å². The smallest absolute Gasteiger partial charge is 0.229 e. The second-order valence-corrected chi connectivity index (χ2v) is 8.41. The molecule has 4 aromatic rings. The summed E-state index contributed by atoms with van der Waals surface area (Å²) < 4.78 is 14.9. The molecule has 34 heavy (non-hydrogen) atoms. The number of carbonyl (C=O) groups is 1. The number of allylic oxidation sites excluding steroid dienone is 1. The van der Waals surface area contributed by atoms with E-state index in [2.05, 4.69) is 32.0 Å². The maximum atomic E-state index is 14.9. The Morgan fingerprint density at radius 3 is 2.79 bits per heavy atom. The standard InChI is InChI=1S/C26H25FN6O/c1-2-20(34)14-17-7-6-8-18(13-17)24-21-16-28-32-25(21)31-26(30-24)29-19-9-10-23(22(27)15-19)33-11-4-3-5-12-33/h2,6-10,13,15-16H,1,3-5,11-12,14H2,(H2,28,29,30,31,32). The van der Waals surface area contributed by atoms with Gasteiger partial charge in [-0.15, -0.1) is 0 Å². The van der Waals surface area contributed by atoms with Crippen molar-refractivity contribution in [2.45, 2.75) is 25.7 Å². The van der Waals surface area contributed by atoms with Crippen molar-refractivity contribution in [3.8, 4) is 11.3 Å². The van der Waals surface area contributed by atoms with Gasteiger partial charge in [-0.05, 0) is 55.2 Å². The van der Waals surface area contributed by atoms with Crippen molar-refractivity contribution < 1.29 is 9.18 Å². The molecule has 0 radical (unpaired) electrons. The number of benzene rings is 2. The van der Waals surface area contributed by atoms with E-state index in [1.807, 2.05) is 30.3 Å². The summed E-state index contributed by atoms with van der Waals surface area (Å²) in [7, 11) is 0. The monoisotopic (exact) mass is 456 g/mol. The molecule has 7 nitrogen and oxygen atoms in total. The molecule has 1 aliphatic heterocycles.